The topological polar surface area (TPSA) is 213 Å². The van der Waals surface area contributed by atoms with Gasteiger partial charge in [-0.25, -0.2) is 4.79 Å². The number of piperidine rings is 1. The minimum atomic E-state index is -1.08. The van der Waals surface area contributed by atoms with Crippen molar-refractivity contribution in [2.24, 2.45) is 0 Å². The van der Waals surface area contributed by atoms with Gasteiger partial charge < -0.3 is 47.9 Å². The van der Waals surface area contributed by atoms with Crippen molar-refractivity contribution in [2.75, 3.05) is 118 Å². The van der Waals surface area contributed by atoms with Crippen LogP contribution in [0.4, 0.5) is 5.69 Å². The minimum absolute atomic E-state index is 0.0253. The number of benzene rings is 2. The summed E-state index contributed by atoms with van der Waals surface area (Å²) in [5.41, 5.74) is 0.883. The number of hydrogen-bond acceptors (Lipinski definition) is 15. The molecule has 0 aliphatic carbocycles. The molecule has 0 radical (unpaired) electrons. The van der Waals surface area contributed by atoms with Gasteiger partial charge in [0, 0.05) is 19.4 Å². The molecule has 0 spiro atoms. The lowest BCUT2D eigenvalue weighted by Crippen LogP contribution is -2.54. The van der Waals surface area contributed by atoms with Gasteiger partial charge in [-0.3, -0.25) is 34.2 Å². The van der Waals surface area contributed by atoms with Crippen LogP contribution in [0.2, 0.25) is 0 Å². The summed E-state index contributed by atoms with van der Waals surface area (Å²) in [5, 5.41) is 4.90. The molecule has 5 amide bonds. The van der Waals surface area contributed by atoms with Crippen molar-refractivity contribution in [1.29, 1.82) is 0 Å². The molecule has 1 fully saturated rings. The van der Waals surface area contributed by atoms with E-state index in [1.54, 1.807) is 36.4 Å². The first kappa shape index (κ1) is 48.0. The number of unbranched alkanes of at least 4 members (excludes halogenated alkanes) is 2. The van der Waals surface area contributed by atoms with Gasteiger partial charge in [0.15, 0.2) is 0 Å². The molecule has 60 heavy (non-hydrogen) atoms. The standard InChI is InChI=1S/C42H57N3O15/c46-36(43-34-11-7-10-33-38(34)41(50)45(40(33)49)35-13-14-37(47)44-39(35)48)12-5-2-6-15-52-16-17-53-18-19-54-20-21-55-22-23-56-24-25-57-26-27-58-28-29-59-30-31-60-42(51)32-8-3-1-4-9-32/h1,3-4,7-11,35H,2,5-6,12-31H2,(H,43,46)(H,44,47,48). The Morgan fingerprint density at radius 1 is 0.583 bits per heavy atom. The van der Waals surface area contributed by atoms with Gasteiger partial charge in [0.25, 0.3) is 11.8 Å². The fourth-order valence-electron chi connectivity index (χ4n) is 5.99. The number of nitrogens with zero attached hydrogens (tertiary/aromatic N) is 1. The number of fused-ring (bicyclic) bond motifs is 1. The Labute approximate surface area is 349 Å². The molecule has 0 saturated carbocycles. The van der Waals surface area contributed by atoms with Crippen LogP contribution in [-0.2, 0) is 57.0 Å². The summed E-state index contributed by atoms with van der Waals surface area (Å²) in [6.07, 6.45) is 2.42. The number of carbonyl (C=O) groups excluding carboxylic acids is 6. The van der Waals surface area contributed by atoms with Gasteiger partial charge in [0.05, 0.1) is 121 Å². The maximum absolute atomic E-state index is 13.2. The molecule has 0 aromatic heterocycles. The molecule has 2 aromatic carbocycles. The number of imide groups is 2. The second-order valence-corrected chi connectivity index (χ2v) is 13.4. The van der Waals surface area contributed by atoms with Gasteiger partial charge in [0.1, 0.15) is 12.6 Å². The van der Waals surface area contributed by atoms with E-state index in [-0.39, 0.29) is 54.6 Å². The van der Waals surface area contributed by atoms with Crippen LogP contribution in [0.15, 0.2) is 48.5 Å². The normalized spacial score (nSPS) is 15.0. The first-order valence-electron chi connectivity index (χ1n) is 20.4. The molecule has 18 nitrogen and oxygen atoms in total. The molecule has 18 heteroatoms. The molecule has 2 aliphatic rings. The summed E-state index contributed by atoms with van der Waals surface area (Å²) in [5.74, 6) is -3.10. The maximum Gasteiger partial charge on any atom is 0.338 e. The van der Waals surface area contributed by atoms with Crippen molar-refractivity contribution in [1.82, 2.24) is 10.2 Å². The van der Waals surface area contributed by atoms with E-state index in [0.717, 1.165) is 17.7 Å². The number of hydrogen-bond donors (Lipinski definition) is 2. The van der Waals surface area contributed by atoms with E-state index in [4.69, 9.17) is 42.6 Å². The Morgan fingerprint density at radius 2 is 1.10 bits per heavy atom. The summed E-state index contributed by atoms with van der Waals surface area (Å²) < 4.78 is 49.0. The van der Waals surface area contributed by atoms with E-state index in [1.807, 2.05) is 6.07 Å². The summed E-state index contributed by atoms with van der Waals surface area (Å²) >= 11 is 0. The van der Waals surface area contributed by atoms with E-state index in [9.17, 15) is 28.8 Å². The van der Waals surface area contributed by atoms with Crippen molar-refractivity contribution < 1.29 is 71.4 Å². The molecule has 2 aromatic rings. The second-order valence-electron chi connectivity index (χ2n) is 13.4. The summed E-state index contributed by atoms with van der Waals surface area (Å²) in [4.78, 5) is 75.4. The number of amides is 5. The van der Waals surface area contributed by atoms with E-state index >= 15 is 0 Å². The third-order valence-electron chi connectivity index (χ3n) is 9.01. The molecule has 330 valence electrons. The molecule has 4 rings (SSSR count). The maximum atomic E-state index is 13.2. The monoisotopic (exact) mass is 843 g/mol. The van der Waals surface area contributed by atoms with Gasteiger partial charge in [-0.15, -0.1) is 0 Å². The fourth-order valence-corrected chi connectivity index (χ4v) is 5.99. The average Bonchev–Trinajstić information content (AvgIpc) is 3.50. The van der Waals surface area contributed by atoms with Crippen molar-refractivity contribution in [3.05, 3.63) is 65.2 Å². The number of anilines is 1. The molecule has 1 atom stereocenters. The van der Waals surface area contributed by atoms with Gasteiger partial charge in [0.2, 0.25) is 17.7 Å². The zero-order valence-corrected chi connectivity index (χ0v) is 34.0. The zero-order valence-electron chi connectivity index (χ0n) is 34.0. The Balaban J connectivity index is 0.842. The summed E-state index contributed by atoms with van der Waals surface area (Å²) in [6.45, 7) is 7.19. The highest BCUT2D eigenvalue weighted by atomic mass is 16.6. The van der Waals surface area contributed by atoms with Crippen LogP contribution in [-0.4, -0.2) is 159 Å². The van der Waals surface area contributed by atoms with Crippen LogP contribution < -0.4 is 10.6 Å². The molecule has 2 aliphatic heterocycles. The van der Waals surface area contributed by atoms with E-state index < -0.39 is 29.7 Å². The number of ether oxygens (including phenoxy) is 9. The summed E-state index contributed by atoms with van der Waals surface area (Å²) in [6, 6.07) is 12.3. The predicted octanol–water partition coefficient (Wildman–Crippen LogP) is 2.58. The summed E-state index contributed by atoms with van der Waals surface area (Å²) in [7, 11) is 0. The number of nitrogens with one attached hydrogen (secondary N) is 2. The van der Waals surface area contributed by atoms with Crippen molar-refractivity contribution >= 4 is 41.2 Å². The van der Waals surface area contributed by atoms with Crippen LogP contribution in [0.1, 0.15) is 69.6 Å². The van der Waals surface area contributed by atoms with Gasteiger partial charge >= 0.3 is 5.97 Å². The highest BCUT2D eigenvalue weighted by molar-refractivity contribution is 6.26. The third kappa shape index (κ3) is 17.5. The van der Waals surface area contributed by atoms with Crippen LogP contribution in [0.25, 0.3) is 0 Å². The van der Waals surface area contributed by atoms with Gasteiger partial charge in [-0.1, -0.05) is 30.7 Å². The quantitative estimate of drug-likeness (QED) is 0.0601. The SMILES string of the molecule is O=C1CCC(N2C(=O)c3cccc(NC(=O)CCCCCOCCOCCOCCOCCOCCOCCOCCOCCOC(=O)c4ccccc4)c3C2=O)C(=O)N1. The van der Waals surface area contributed by atoms with Crippen LogP contribution in [0.5, 0.6) is 0 Å². The largest absolute Gasteiger partial charge is 0.460 e. The van der Waals surface area contributed by atoms with E-state index in [0.29, 0.717) is 118 Å². The molecule has 2 heterocycles. The predicted molar refractivity (Wildman–Crippen MR) is 213 cm³/mol. The third-order valence-corrected chi connectivity index (χ3v) is 9.01. The van der Waals surface area contributed by atoms with Crippen LogP contribution >= 0.6 is 0 Å². The van der Waals surface area contributed by atoms with Crippen molar-refractivity contribution in [3.8, 4) is 0 Å². The number of carbonyl (C=O) groups is 6. The van der Waals surface area contributed by atoms with Crippen LogP contribution in [0.3, 0.4) is 0 Å². The Hall–Kier alpha value is -4.66. The molecular formula is C42H57N3O15. The average molecular weight is 844 g/mol. The lowest BCUT2D eigenvalue weighted by molar-refractivity contribution is -0.136. The smallest absolute Gasteiger partial charge is 0.338 e. The first-order valence-corrected chi connectivity index (χ1v) is 20.4. The van der Waals surface area contributed by atoms with E-state index in [1.165, 1.54) is 6.07 Å². The minimum Gasteiger partial charge on any atom is -0.460 e. The second kappa shape index (κ2) is 28.7. The zero-order chi connectivity index (χ0) is 42.6. The Bertz CT molecular complexity index is 1640. The lowest BCUT2D eigenvalue weighted by atomic mass is 10.0. The Morgan fingerprint density at radius 3 is 1.63 bits per heavy atom. The highest BCUT2D eigenvalue weighted by Gasteiger charge is 2.45. The molecule has 0 bridgehead atoms. The first-order chi connectivity index (χ1) is 29.4. The molecule has 1 unspecified atom stereocenters. The molecule has 2 N–H and O–H groups in total. The van der Waals surface area contributed by atoms with Crippen LogP contribution in [0, 0.1) is 0 Å². The number of esters is 1. The van der Waals surface area contributed by atoms with Gasteiger partial charge in [-0.05, 0) is 43.5 Å². The van der Waals surface area contributed by atoms with E-state index in [2.05, 4.69) is 10.6 Å². The molecule has 1 saturated heterocycles. The van der Waals surface area contributed by atoms with Crippen molar-refractivity contribution in [3.63, 3.8) is 0 Å². The Kier molecular flexibility index (Phi) is 23.0. The molecular weight excluding hydrogens is 786 g/mol. The lowest BCUT2D eigenvalue weighted by Gasteiger charge is -2.27. The highest BCUT2D eigenvalue weighted by Crippen LogP contribution is 2.32. The number of rotatable bonds is 33. The van der Waals surface area contributed by atoms with Crippen molar-refractivity contribution in [2.45, 2.75) is 44.6 Å². The fraction of sp³-hybridized carbons (Fsp3) is 0.571. The van der Waals surface area contributed by atoms with Gasteiger partial charge in [-0.2, -0.15) is 0 Å².